The summed E-state index contributed by atoms with van der Waals surface area (Å²) >= 11 is 5.98. The number of hydrogen-bond donors (Lipinski definition) is 2. The molecule has 1 heterocycles. The van der Waals surface area contributed by atoms with Crippen LogP contribution in [0.3, 0.4) is 0 Å². The molecule has 1 aromatic carbocycles. The maximum Gasteiger partial charge on any atom is 0.257 e. The third-order valence-corrected chi connectivity index (χ3v) is 2.83. The summed E-state index contributed by atoms with van der Waals surface area (Å²) in [6.07, 6.45) is 3.29. The molecular weight excluding hydrogens is 250 g/mol. The fourth-order valence-electron chi connectivity index (χ4n) is 1.55. The van der Waals surface area contributed by atoms with Gasteiger partial charge in [-0.2, -0.15) is 0 Å². The minimum absolute atomic E-state index is 0.260. The van der Waals surface area contributed by atoms with Gasteiger partial charge in [0.05, 0.1) is 28.2 Å². The number of hydrogen-bond acceptors (Lipinski definition) is 3. The van der Waals surface area contributed by atoms with Gasteiger partial charge in [-0.15, -0.1) is 0 Å². The van der Waals surface area contributed by atoms with Gasteiger partial charge in [-0.1, -0.05) is 17.7 Å². The fraction of sp³-hybridized carbons (Fsp3) is 0.0769. The van der Waals surface area contributed by atoms with E-state index in [4.69, 9.17) is 17.3 Å². The molecule has 0 fully saturated rings. The molecule has 0 radical (unpaired) electrons. The van der Waals surface area contributed by atoms with Crippen molar-refractivity contribution in [3.05, 3.63) is 52.8 Å². The summed E-state index contributed by atoms with van der Waals surface area (Å²) in [5.74, 6) is -0.306. The first kappa shape index (κ1) is 12.4. The van der Waals surface area contributed by atoms with Crippen LogP contribution in [-0.4, -0.2) is 10.9 Å². The van der Waals surface area contributed by atoms with Gasteiger partial charge in [0, 0.05) is 6.20 Å². The molecule has 2 aromatic rings. The fourth-order valence-corrected chi connectivity index (χ4v) is 1.76. The van der Waals surface area contributed by atoms with E-state index in [1.54, 1.807) is 30.6 Å². The zero-order valence-electron chi connectivity index (χ0n) is 9.77. The quantitative estimate of drug-likeness (QED) is 0.817. The summed E-state index contributed by atoms with van der Waals surface area (Å²) in [6, 6.07) is 6.78. The molecule has 0 bridgehead atoms. The van der Waals surface area contributed by atoms with Crippen molar-refractivity contribution >= 4 is 28.9 Å². The molecular formula is C13H12ClN3O. The van der Waals surface area contributed by atoms with Crippen molar-refractivity contribution in [3.63, 3.8) is 0 Å². The van der Waals surface area contributed by atoms with Crippen LogP contribution in [0.4, 0.5) is 11.4 Å². The first-order valence-corrected chi connectivity index (χ1v) is 5.72. The monoisotopic (exact) mass is 261 g/mol. The number of nitrogens with two attached hydrogens (primary N) is 1. The Balaban J connectivity index is 2.25. The Labute approximate surface area is 110 Å². The Morgan fingerprint density at radius 3 is 2.89 bits per heavy atom. The number of pyridine rings is 1. The minimum atomic E-state index is -0.306. The van der Waals surface area contributed by atoms with Gasteiger partial charge >= 0.3 is 0 Å². The number of halogens is 1. The molecule has 0 aliphatic carbocycles. The summed E-state index contributed by atoms with van der Waals surface area (Å²) in [4.78, 5) is 16.0. The van der Waals surface area contributed by atoms with Gasteiger partial charge in [0.1, 0.15) is 0 Å². The van der Waals surface area contributed by atoms with Crippen LogP contribution in [0, 0.1) is 6.92 Å². The molecule has 0 atom stereocenters. The SMILES string of the molecule is Cc1cncc(NC(=O)c2cccc(N)c2Cl)c1. The highest BCUT2D eigenvalue weighted by atomic mass is 35.5. The van der Waals surface area contributed by atoms with Crippen molar-refractivity contribution < 1.29 is 4.79 Å². The van der Waals surface area contributed by atoms with Crippen LogP contribution in [0.5, 0.6) is 0 Å². The van der Waals surface area contributed by atoms with Gasteiger partial charge < -0.3 is 11.1 Å². The minimum Gasteiger partial charge on any atom is -0.398 e. The number of nitrogen functional groups attached to an aromatic ring is 1. The highest BCUT2D eigenvalue weighted by Crippen LogP contribution is 2.23. The van der Waals surface area contributed by atoms with Gasteiger partial charge in [-0.3, -0.25) is 9.78 Å². The maximum atomic E-state index is 12.0. The molecule has 0 spiro atoms. The lowest BCUT2D eigenvalue weighted by Crippen LogP contribution is -2.13. The van der Waals surface area contributed by atoms with Crippen LogP contribution < -0.4 is 11.1 Å². The van der Waals surface area contributed by atoms with Crippen LogP contribution in [-0.2, 0) is 0 Å². The number of anilines is 2. The number of nitrogens with zero attached hydrogens (tertiary/aromatic N) is 1. The second kappa shape index (κ2) is 5.06. The summed E-state index contributed by atoms with van der Waals surface area (Å²) in [7, 11) is 0. The average molecular weight is 262 g/mol. The lowest BCUT2D eigenvalue weighted by atomic mass is 10.2. The Morgan fingerprint density at radius 1 is 1.39 bits per heavy atom. The zero-order valence-corrected chi connectivity index (χ0v) is 10.5. The van der Waals surface area contributed by atoms with E-state index >= 15 is 0 Å². The number of aryl methyl sites for hydroxylation is 1. The lowest BCUT2D eigenvalue weighted by Gasteiger charge is -2.08. The third kappa shape index (κ3) is 2.60. The molecule has 92 valence electrons. The van der Waals surface area contributed by atoms with Gasteiger partial charge in [0.15, 0.2) is 0 Å². The predicted octanol–water partition coefficient (Wildman–Crippen LogP) is 2.88. The van der Waals surface area contributed by atoms with Gasteiger partial charge in [0.25, 0.3) is 5.91 Å². The number of rotatable bonds is 2. The van der Waals surface area contributed by atoms with Crippen LogP contribution in [0.25, 0.3) is 0 Å². The highest BCUT2D eigenvalue weighted by Gasteiger charge is 2.12. The summed E-state index contributed by atoms with van der Waals surface area (Å²) in [5.41, 5.74) is 7.97. The Morgan fingerprint density at radius 2 is 2.17 bits per heavy atom. The number of aromatic nitrogens is 1. The molecule has 18 heavy (non-hydrogen) atoms. The highest BCUT2D eigenvalue weighted by molar-refractivity contribution is 6.36. The maximum absolute atomic E-state index is 12.0. The lowest BCUT2D eigenvalue weighted by molar-refractivity contribution is 0.102. The van der Waals surface area contributed by atoms with Gasteiger partial charge in [0.2, 0.25) is 0 Å². The number of carbonyl (C=O) groups excluding carboxylic acids is 1. The predicted molar refractivity (Wildman–Crippen MR) is 72.8 cm³/mol. The summed E-state index contributed by atoms with van der Waals surface area (Å²) < 4.78 is 0. The van der Waals surface area contributed by atoms with Crippen LogP contribution in [0.1, 0.15) is 15.9 Å². The molecule has 0 aliphatic rings. The van der Waals surface area contributed by atoms with Crippen molar-refractivity contribution in [1.82, 2.24) is 4.98 Å². The van der Waals surface area contributed by atoms with Gasteiger partial charge in [-0.25, -0.2) is 0 Å². The van der Waals surface area contributed by atoms with Crippen molar-refractivity contribution in [2.75, 3.05) is 11.1 Å². The Kier molecular flexibility index (Phi) is 3.48. The third-order valence-electron chi connectivity index (χ3n) is 2.41. The van der Waals surface area contributed by atoms with Crippen molar-refractivity contribution in [3.8, 4) is 0 Å². The van der Waals surface area contributed by atoms with E-state index in [0.717, 1.165) is 5.56 Å². The molecule has 1 aromatic heterocycles. The van der Waals surface area contributed by atoms with Crippen LogP contribution in [0.2, 0.25) is 5.02 Å². The van der Waals surface area contributed by atoms with Gasteiger partial charge in [-0.05, 0) is 30.7 Å². The van der Waals surface area contributed by atoms with E-state index in [1.165, 1.54) is 0 Å². The van der Waals surface area contributed by atoms with E-state index in [0.29, 0.717) is 16.9 Å². The van der Waals surface area contributed by atoms with Crippen molar-refractivity contribution in [2.45, 2.75) is 6.92 Å². The molecule has 0 aliphatic heterocycles. The Hall–Kier alpha value is -2.07. The molecule has 0 saturated carbocycles. The van der Waals surface area contributed by atoms with Crippen LogP contribution in [0.15, 0.2) is 36.7 Å². The van der Waals surface area contributed by atoms with E-state index in [9.17, 15) is 4.79 Å². The smallest absolute Gasteiger partial charge is 0.257 e. The van der Waals surface area contributed by atoms with E-state index < -0.39 is 0 Å². The topological polar surface area (TPSA) is 68.0 Å². The zero-order chi connectivity index (χ0) is 13.1. The molecule has 1 amide bonds. The van der Waals surface area contributed by atoms with Crippen molar-refractivity contribution in [1.29, 1.82) is 0 Å². The number of nitrogens with one attached hydrogen (secondary N) is 1. The number of benzene rings is 1. The molecule has 0 unspecified atom stereocenters. The summed E-state index contributed by atoms with van der Waals surface area (Å²) in [5, 5.41) is 2.99. The van der Waals surface area contributed by atoms with Crippen LogP contribution >= 0.6 is 11.6 Å². The second-order valence-electron chi connectivity index (χ2n) is 3.91. The number of amides is 1. The van der Waals surface area contributed by atoms with E-state index in [2.05, 4.69) is 10.3 Å². The first-order chi connectivity index (χ1) is 8.58. The molecule has 2 rings (SSSR count). The van der Waals surface area contributed by atoms with E-state index in [1.807, 2.05) is 13.0 Å². The molecule has 4 nitrogen and oxygen atoms in total. The Bertz CT molecular complexity index is 599. The average Bonchev–Trinajstić information content (AvgIpc) is 2.32. The van der Waals surface area contributed by atoms with E-state index in [-0.39, 0.29) is 10.9 Å². The normalized spacial score (nSPS) is 10.1. The first-order valence-electron chi connectivity index (χ1n) is 5.35. The molecule has 3 N–H and O–H groups in total. The number of carbonyl (C=O) groups is 1. The molecule has 5 heteroatoms. The summed E-state index contributed by atoms with van der Waals surface area (Å²) in [6.45, 7) is 1.90. The molecule has 0 saturated heterocycles. The standard InChI is InChI=1S/C13H12ClN3O/c1-8-5-9(7-16-6-8)17-13(18)10-3-2-4-11(15)12(10)14/h2-7H,15H2,1H3,(H,17,18). The van der Waals surface area contributed by atoms with Crippen molar-refractivity contribution in [2.24, 2.45) is 0 Å². The second-order valence-corrected chi connectivity index (χ2v) is 4.29. The largest absolute Gasteiger partial charge is 0.398 e.